The molecule has 3 atom stereocenters. The lowest BCUT2D eigenvalue weighted by Crippen LogP contribution is -2.33. The van der Waals surface area contributed by atoms with Crippen LogP contribution in [-0.2, 0) is 4.79 Å². The smallest absolute Gasteiger partial charge is 0.200 e. The average Bonchev–Trinajstić information content (AvgIpc) is 3.28. The number of nitrogens with one attached hydrogen (secondary N) is 2. The SMILES string of the molecule is COc1cc(C2Nc3ccccc3NC3=CC(c4cccs4)CC(=O)C32)cc(OC)c1O. The average molecular weight is 449 g/mol. The summed E-state index contributed by atoms with van der Waals surface area (Å²) in [6.45, 7) is 0. The number of aromatic hydroxyl groups is 1. The van der Waals surface area contributed by atoms with Gasteiger partial charge in [-0.3, -0.25) is 4.79 Å². The molecule has 5 rings (SSSR count). The lowest BCUT2D eigenvalue weighted by atomic mass is 9.78. The third kappa shape index (κ3) is 3.48. The van der Waals surface area contributed by atoms with Crippen molar-refractivity contribution >= 4 is 28.5 Å². The van der Waals surface area contributed by atoms with Gasteiger partial charge >= 0.3 is 0 Å². The normalized spacial score (nSPS) is 21.9. The van der Waals surface area contributed by atoms with Crippen molar-refractivity contribution in [1.82, 2.24) is 0 Å². The van der Waals surface area contributed by atoms with Crippen LogP contribution < -0.4 is 20.1 Å². The number of phenols is 1. The van der Waals surface area contributed by atoms with Gasteiger partial charge in [0.05, 0.1) is 37.6 Å². The molecule has 0 fully saturated rings. The third-order valence-electron chi connectivity index (χ3n) is 6.10. The van der Waals surface area contributed by atoms with Gasteiger partial charge in [-0.25, -0.2) is 0 Å². The number of anilines is 2. The number of thiophene rings is 1. The van der Waals surface area contributed by atoms with Crippen LogP contribution in [0, 0.1) is 5.92 Å². The predicted molar refractivity (Wildman–Crippen MR) is 126 cm³/mol. The van der Waals surface area contributed by atoms with Crippen LogP contribution >= 0.6 is 11.3 Å². The van der Waals surface area contributed by atoms with Crippen LogP contribution in [-0.4, -0.2) is 25.1 Å². The first-order valence-corrected chi connectivity index (χ1v) is 11.3. The van der Waals surface area contributed by atoms with Crippen molar-refractivity contribution in [1.29, 1.82) is 0 Å². The van der Waals surface area contributed by atoms with E-state index in [9.17, 15) is 9.90 Å². The van der Waals surface area contributed by atoms with Gasteiger partial charge in [0.1, 0.15) is 5.78 Å². The fourth-order valence-electron chi connectivity index (χ4n) is 4.56. The number of phenolic OH excluding ortho intramolecular Hbond substituents is 1. The maximum Gasteiger partial charge on any atom is 0.200 e. The Kier molecular flexibility index (Phi) is 5.27. The Morgan fingerprint density at radius 2 is 1.75 bits per heavy atom. The molecule has 0 saturated carbocycles. The van der Waals surface area contributed by atoms with Crippen molar-refractivity contribution < 1.29 is 19.4 Å². The number of ether oxygens (including phenoxy) is 2. The Morgan fingerprint density at radius 1 is 1.03 bits per heavy atom. The molecule has 164 valence electrons. The van der Waals surface area contributed by atoms with Crippen LogP contribution in [0.5, 0.6) is 17.2 Å². The molecule has 2 heterocycles. The Morgan fingerprint density at radius 3 is 2.41 bits per heavy atom. The summed E-state index contributed by atoms with van der Waals surface area (Å²) in [6, 6.07) is 15.2. The number of fused-ring (bicyclic) bond motifs is 2. The van der Waals surface area contributed by atoms with Gasteiger partial charge in [0.2, 0.25) is 5.75 Å². The van der Waals surface area contributed by atoms with Gasteiger partial charge in [0, 0.05) is 22.9 Å². The summed E-state index contributed by atoms with van der Waals surface area (Å²) in [5.74, 6) is 0.335. The van der Waals surface area contributed by atoms with Gasteiger partial charge in [0.15, 0.2) is 11.5 Å². The van der Waals surface area contributed by atoms with Crippen molar-refractivity contribution in [3.8, 4) is 17.2 Å². The van der Waals surface area contributed by atoms with Crippen molar-refractivity contribution in [3.63, 3.8) is 0 Å². The maximum absolute atomic E-state index is 13.6. The number of Topliss-reactive ketones (excluding diaryl/α,β-unsaturated/α-hetero) is 1. The molecular weight excluding hydrogens is 424 g/mol. The van der Waals surface area contributed by atoms with E-state index in [1.807, 2.05) is 35.7 Å². The number of hydrogen-bond donors (Lipinski definition) is 3. The Hall–Kier alpha value is -3.45. The monoisotopic (exact) mass is 448 g/mol. The molecule has 7 heteroatoms. The number of methoxy groups -OCH3 is 2. The van der Waals surface area contributed by atoms with Gasteiger partial charge in [-0.1, -0.05) is 24.3 Å². The lowest BCUT2D eigenvalue weighted by molar-refractivity contribution is -0.122. The van der Waals surface area contributed by atoms with Crippen molar-refractivity contribution in [2.75, 3.05) is 24.9 Å². The van der Waals surface area contributed by atoms with Gasteiger partial charge in [-0.15, -0.1) is 11.3 Å². The van der Waals surface area contributed by atoms with Crippen LogP contribution in [0.3, 0.4) is 0 Å². The number of carbonyl (C=O) groups is 1. The van der Waals surface area contributed by atoms with Gasteiger partial charge < -0.3 is 25.2 Å². The highest BCUT2D eigenvalue weighted by Crippen LogP contribution is 2.47. The molecule has 0 saturated heterocycles. The second-order valence-corrected chi connectivity index (χ2v) is 8.94. The summed E-state index contributed by atoms with van der Waals surface area (Å²) in [7, 11) is 3.00. The predicted octanol–water partition coefficient (Wildman–Crippen LogP) is 5.31. The van der Waals surface area contributed by atoms with Crippen LogP contribution in [0.4, 0.5) is 11.4 Å². The molecule has 32 heavy (non-hydrogen) atoms. The van der Waals surface area contributed by atoms with Crippen molar-refractivity contribution in [2.45, 2.75) is 18.4 Å². The molecule has 3 aromatic rings. The molecule has 1 aliphatic heterocycles. The number of ketones is 1. The summed E-state index contributed by atoms with van der Waals surface area (Å²) in [5.41, 5.74) is 3.50. The number of rotatable bonds is 4. The molecule has 2 aromatic carbocycles. The number of hydrogen-bond acceptors (Lipinski definition) is 7. The molecule has 0 radical (unpaired) electrons. The molecule has 0 bridgehead atoms. The molecule has 0 spiro atoms. The fourth-order valence-corrected chi connectivity index (χ4v) is 5.36. The van der Waals surface area contributed by atoms with E-state index in [4.69, 9.17) is 9.47 Å². The zero-order valence-corrected chi connectivity index (χ0v) is 18.6. The standard InChI is InChI=1S/C25H24N2O4S/c1-30-20-12-15(13-21(31-2)25(20)29)24-23-18(26-16-6-3-4-7-17(16)27-24)10-14(11-19(23)28)22-8-5-9-32-22/h3-10,12-14,23-24,26-27,29H,11H2,1-2H3. The number of allylic oxidation sites excluding steroid dienone is 1. The summed E-state index contributed by atoms with van der Waals surface area (Å²) in [5, 5.41) is 19.5. The highest BCUT2D eigenvalue weighted by molar-refractivity contribution is 7.10. The second-order valence-electron chi connectivity index (χ2n) is 7.96. The van der Waals surface area contributed by atoms with Crippen LogP contribution in [0.25, 0.3) is 0 Å². The highest BCUT2D eigenvalue weighted by Gasteiger charge is 2.40. The molecule has 2 aliphatic rings. The van der Waals surface area contributed by atoms with E-state index in [1.165, 1.54) is 19.1 Å². The summed E-state index contributed by atoms with van der Waals surface area (Å²) in [6.07, 6.45) is 2.63. The van der Waals surface area contributed by atoms with Gasteiger partial charge in [-0.2, -0.15) is 0 Å². The first-order chi connectivity index (χ1) is 15.6. The number of para-hydroxylation sites is 2. The van der Waals surface area contributed by atoms with Gasteiger partial charge in [0.25, 0.3) is 0 Å². The van der Waals surface area contributed by atoms with E-state index in [0.29, 0.717) is 17.9 Å². The van der Waals surface area contributed by atoms with E-state index in [0.717, 1.165) is 22.6 Å². The van der Waals surface area contributed by atoms with Crippen LogP contribution in [0.2, 0.25) is 0 Å². The minimum atomic E-state index is -0.419. The zero-order valence-electron chi connectivity index (χ0n) is 17.8. The second kappa shape index (κ2) is 8.24. The molecule has 3 N–H and O–H groups in total. The maximum atomic E-state index is 13.6. The van der Waals surface area contributed by atoms with E-state index in [-0.39, 0.29) is 23.5 Å². The van der Waals surface area contributed by atoms with Gasteiger partial charge in [-0.05, 0) is 41.3 Å². The first kappa shape index (κ1) is 20.5. The van der Waals surface area contributed by atoms with E-state index < -0.39 is 5.92 Å². The summed E-state index contributed by atoms with van der Waals surface area (Å²) >= 11 is 1.67. The zero-order chi connectivity index (χ0) is 22.2. The molecule has 6 nitrogen and oxygen atoms in total. The molecular formula is C25H24N2O4S. The Bertz CT molecular complexity index is 1160. The van der Waals surface area contributed by atoms with E-state index in [1.54, 1.807) is 23.5 Å². The third-order valence-corrected chi connectivity index (χ3v) is 7.11. The minimum Gasteiger partial charge on any atom is -0.502 e. The molecule has 3 unspecified atom stereocenters. The molecule has 0 amide bonds. The van der Waals surface area contributed by atoms with Crippen molar-refractivity contribution in [3.05, 3.63) is 76.1 Å². The number of benzene rings is 2. The molecule has 1 aromatic heterocycles. The highest BCUT2D eigenvalue weighted by atomic mass is 32.1. The lowest BCUT2D eigenvalue weighted by Gasteiger charge is -2.32. The fraction of sp³-hybridized carbons (Fsp3) is 0.240. The minimum absolute atomic E-state index is 0.0519. The van der Waals surface area contributed by atoms with E-state index >= 15 is 0 Å². The Labute approximate surface area is 190 Å². The molecule has 1 aliphatic carbocycles. The summed E-state index contributed by atoms with van der Waals surface area (Å²) in [4.78, 5) is 14.8. The quantitative estimate of drug-likeness (QED) is 0.502. The Balaban J connectivity index is 1.66. The summed E-state index contributed by atoms with van der Waals surface area (Å²) < 4.78 is 10.8. The number of carbonyl (C=O) groups excluding carboxylic acids is 1. The van der Waals surface area contributed by atoms with Crippen LogP contribution in [0.1, 0.15) is 28.8 Å². The topological polar surface area (TPSA) is 79.8 Å². The van der Waals surface area contributed by atoms with Crippen LogP contribution in [0.15, 0.2) is 65.7 Å². The largest absolute Gasteiger partial charge is 0.502 e. The van der Waals surface area contributed by atoms with E-state index in [2.05, 4.69) is 22.8 Å². The first-order valence-electron chi connectivity index (χ1n) is 10.4. The van der Waals surface area contributed by atoms with Crippen molar-refractivity contribution in [2.24, 2.45) is 5.92 Å².